The van der Waals surface area contributed by atoms with E-state index in [0.717, 1.165) is 3.57 Å². The Morgan fingerprint density at radius 3 is 2.44 bits per heavy atom. The van der Waals surface area contributed by atoms with E-state index in [9.17, 15) is 13.2 Å². The van der Waals surface area contributed by atoms with Crippen LogP contribution in [0.15, 0.2) is 65.7 Å². The first-order chi connectivity index (χ1) is 12.8. The highest BCUT2D eigenvalue weighted by Gasteiger charge is 2.13. The van der Waals surface area contributed by atoms with Crippen molar-refractivity contribution in [2.24, 2.45) is 0 Å². The molecule has 27 heavy (non-hydrogen) atoms. The summed E-state index contributed by atoms with van der Waals surface area (Å²) in [4.78, 5) is 20.1. The van der Waals surface area contributed by atoms with Crippen LogP contribution in [0.3, 0.4) is 0 Å². The highest BCUT2D eigenvalue weighted by atomic mass is 127. The number of rotatable bonds is 5. The fourth-order valence-electron chi connectivity index (χ4n) is 2.19. The van der Waals surface area contributed by atoms with Gasteiger partial charge in [0.2, 0.25) is 10.0 Å². The SMILES string of the molecule is Cc1ccnc([N-]S(=O)(=O)c2ccc(NC(=O)c3ccccc3I)cc2)n1. The van der Waals surface area contributed by atoms with E-state index in [1.165, 1.54) is 30.5 Å². The summed E-state index contributed by atoms with van der Waals surface area (Å²) in [5.74, 6) is -0.389. The second-order valence-electron chi connectivity index (χ2n) is 5.52. The van der Waals surface area contributed by atoms with Crippen molar-refractivity contribution in [3.63, 3.8) is 0 Å². The number of nitrogens with one attached hydrogen (secondary N) is 1. The zero-order chi connectivity index (χ0) is 19.4. The van der Waals surface area contributed by atoms with E-state index in [1.807, 2.05) is 12.1 Å². The van der Waals surface area contributed by atoms with Crippen LogP contribution in [-0.2, 0) is 10.0 Å². The van der Waals surface area contributed by atoms with Crippen molar-refractivity contribution in [1.82, 2.24) is 9.97 Å². The van der Waals surface area contributed by atoms with Crippen LogP contribution in [0.2, 0.25) is 0 Å². The molecular formula is C18H14IN4O3S-. The molecule has 0 aliphatic rings. The van der Waals surface area contributed by atoms with Crippen molar-refractivity contribution in [3.8, 4) is 0 Å². The van der Waals surface area contributed by atoms with Crippen molar-refractivity contribution in [2.45, 2.75) is 11.8 Å². The molecule has 1 N–H and O–H groups in total. The number of carbonyl (C=O) groups is 1. The molecule has 0 bridgehead atoms. The second-order valence-corrected chi connectivity index (χ2v) is 8.29. The van der Waals surface area contributed by atoms with Gasteiger partial charge in [-0.15, -0.1) is 0 Å². The lowest BCUT2D eigenvalue weighted by molar-refractivity contribution is 0.102. The van der Waals surface area contributed by atoms with Crippen molar-refractivity contribution in [1.29, 1.82) is 0 Å². The van der Waals surface area contributed by atoms with Gasteiger partial charge in [-0.3, -0.25) is 9.52 Å². The number of anilines is 1. The summed E-state index contributed by atoms with van der Waals surface area (Å²) in [5, 5.41) is 2.74. The van der Waals surface area contributed by atoms with E-state index in [-0.39, 0.29) is 16.8 Å². The molecule has 0 aliphatic carbocycles. The predicted octanol–water partition coefficient (Wildman–Crippen LogP) is 4.04. The number of sulfonamides is 1. The van der Waals surface area contributed by atoms with Gasteiger partial charge in [-0.1, -0.05) is 18.2 Å². The fourth-order valence-corrected chi connectivity index (χ4v) is 3.71. The molecule has 0 radical (unpaired) electrons. The Balaban J connectivity index is 1.75. The van der Waals surface area contributed by atoms with Gasteiger partial charge in [0.05, 0.1) is 10.5 Å². The van der Waals surface area contributed by atoms with Gasteiger partial charge in [0, 0.05) is 15.2 Å². The molecule has 138 valence electrons. The third-order valence-electron chi connectivity index (χ3n) is 3.51. The fraction of sp³-hybridized carbons (Fsp3) is 0.0556. The average molecular weight is 493 g/mol. The summed E-state index contributed by atoms with van der Waals surface area (Å²) >= 11 is 2.08. The molecule has 0 unspecified atom stereocenters. The highest BCUT2D eigenvalue weighted by Crippen LogP contribution is 2.25. The average Bonchev–Trinajstić information content (AvgIpc) is 2.62. The maximum atomic E-state index is 12.4. The smallest absolute Gasteiger partial charge is 0.256 e. The lowest BCUT2D eigenvalue weighted by atomic mass is 10.2. The third kappa shape index (κ3) is 4.80. The largest absolute Gasteiger partial charge is 0.366 e. The second kappa shape index (κ2) is 8.01. The predicted molar refractivity (Wildman–Crippen MR) is 111 cm³/mol. The lowest BCUT2D eigenvalue weighted by Gasteiger charge is -2.14. The Morgan fingerprint density at radius 2 is 1.78 bits per heavy atom. The number of hydrogen-bond acceptors (Lipinski definition) is 5. The maximum absolute atomic E-state index is 12.4. The van der Waals surface area contributed by atoms with Crippen LogP contribution in [0.4, 0.5) is 11.6 Å². The molecule has 0 saturated heterocycles. The molecule has 0 fully saturated rings. The van der Waals surface area contributed by atoms with E-state index < -0.39 is 10.0 Å². The van der Waals surface area contributed by atoms with Crippen molar-refractivity contribution in [3.05, 3.63) is 80.3 Å². The molecule has 2 aromatic carbocycles. The van der Waals surface area contributed by atoms with Crippen LogP contribution in [0.5, 0.6) is 0 Å². The molecule has 0 atom stereocenters. The molecular weight excluding hydrogens is 479 g/mol. The zero-order valence-corrected chi connectivity index (χ0v) is 17.1. The van der Waals surface area contributed by atoms with E-state index in [4.69, 9.17) is 0 Å². The topological polar surface area (TPSA) is 103 Å². The molecule has 0 spiro atoms. The number of halogens is 1. The Labute approximate surface area is 170 Å². The van der Waals surface area contributed by atoms with Crippen LogP contribution in [-0.4, -0.2) is 24.3 Å². The minimum Gasteiger partial charge on any atom is -0.366 e. The lowest BCUT2D eigenvalue weighted by Crippen LogP contribution is -2.13. The van der Waals surface area contributed by atoms with E-state index in [1.54, 1.807) is 25.1 Å². The summed E-state index contributed by atoms with van der Waals surface area (Å²) in [5.41, 5.74) is 1.64. The number of aryl methyl sites for hydroxylation is 1. The number of hydrogen-bond donors (Lipinski definition) is 1. The highest BCUT2D eigenvalue weighted by molar-refractivity contribution is 14.1. The standard InChI is InChI=1S/C18H15IN4O3S/c1-12-10-11-20-18(21-12)23-27(25,26)14-8-6-13(7-9-14)22-17(24)15-4-2-3-5-16(15)19/h2-11H,1H3,(H2,20,21,22,23,24)/p-1. The van der Waals surface area contributed by atoms with E-state index >= 15 is 0 Å². The molecule has 0 aliphatic heterocycles. The minimum absolute atomic E-state index is 0.0140. The maximum Gasteiger partial charge on any atom is 0.256 e. The number of aromatic nitrogens is 2. The summed E-state index contributed by atoms with van der Waals surface area (Å²) in [7, 11) is -3.95. The monoisotopic (exact) mass is 493 g/mol. The number of carbonyl (C=O) groups excluding carboxylic acids is 1. The Hall–Kier alpha value is -2.53. The van der Waals surface area contributed by atoms with Gasteiger partial charge in [-0.05, 0) is 77.8 Å². The number of nitrogens with zero attached hydrogens (tertiary/aromatic N) is 3. The normalized spacial score (nSPS) is 11.0. The van der Waals surface area contributed by atoms with Gasteiger partial charge in [-0.25, -0.2) is 8.42 Å². The van der Waals surface area contributed by atoms with Gasteiger partial charge in [0.25, 0.3) is 5.91 Å². The molecule has 3 rings (SSSR count). The quantitative estimate of drug-likeness (QED) is 0.541. The van der Waals surface area contributed by atoms with E-state index in [0.29, 0.717) is 16.9 Å². The first-order valence-electron chi connectivity index (χ1n) is 7.79. The van der Waals surface area contributed by atoms with Crippen LogP contribution < -0.4 is 5.32 Å². The molecule has 1 aromatic heterocycles. The molecule has 1 amide bonds. The van der Waals surface area contributed by atoms with Crippen LogP contribution in [0.1, 0.15) is 16.1 Å². The summed E-state index contributed by atoms with van der Waals surface area (Å²) < 4.78 is 29.2. The van der Waals surface area contributed by atoms with Crippen LogP contribution >= 0.6 is 22.6 Å². The van der Waals surface area contributed by atoms with Gasteiger partial charge in [0.15, 0.2) is 0 Å². The first-order valence-corrected chi connectivity index (χ1v) is 10.3. The van der Waals surface area contributed by atoms with Gasteiger partial charge >= 0.3 is 0 Å². The summed E-state index contributed by atoms with van der Waals surface area (Å²) in [6.45, 7) is 1.72. The molecule has 3 aromatic rings. The minimum atomic E-state index is -3.95. The first kappa shape index (κ1) is 19.2. The molecule has 7 nitrogen and oxygen atoms in total. The molecule has 1 heterocycles. The number of amides is 1. The van der Waals surface area contributed by atoms with Gasteiger partial charge in [-0.2, -0.15) is 0 Å². The van der Waals surface area contributed by atoms with Crippen LogP contribution in [0, 0.1) is 10.5 Å². The Bertz CT molecular complexity index is 1090. The molecule has 9 heteroatoms. The summed E-state index contributed by atoms with van der Waals surface area (Å²) in [6, 6.07) is 14.6. The van der Waals surface area contributed by atoms with E-state index in [2.05, 4.69) is 42.6 Å². The van der Waals surface area contributed by atoms with Crippen LogP contribution in [0.25, 0.3) is 4.72 Å². The molecule has 0 saturated carbocycles. The zero-order valence-electron chi connectivity index (χ0n) is 14.1. The van der Waals surface area contributed by atoms with Crippen molar-refractivity contribution < 1.29 is 13.2 Å². The Morgan fingerprint density at radius 1 is 1.07 bits per heavy atom. The van der Waals surface area contributed by atoms with Gasteiger partial charge in [0.1, 0.15) is 0 Å². The summed E-state index contributed by atoms with van der Waals surface area (Å²) in [6.07, 6.45) is 1.44. The van der Waals surface area contributed by atoms with Crippen molar-refractivity contribution >= 4 is 50.2 Å². The third-order valence-corrected chi connectivity index (χ3v) is 5.72. The van der Waals surface area contributed by atoms with Gasteiger partial charge < -0.3 is 15.3 Å². The number of benzene rings is 2. The Kier molecular flexibility index (Phi) is 5.71. The van der Waals surface area contributed by atoms with Crippen molar-refractivity contribution in [2.75, 3.05) is 5.32 Å².